The van der Waals surface area contributed by atoms with Crippen LogP contribution in [0.15, 0.2) is 47.3 Å². The van der Waals surface area contributed by atoms with Gasteiger partial charge in [0.25, 0.3) is 11.5 Å². The van der Waals surface area contributed by atoms with Crippen molar-refractivity contribution in [3.63, 3.8) is 0 Å². The van der Waals surface area contributed by atoms with E-state index in [1.165, 1.54) is 12.8 Å². The van der Waals surface area contributed by atoms with Crippen LogP contribution < -0.4 is 10.9 Å². The van der Waals surface area contributed by atoms with E-state index in [0.717, 1.165) is 18.7 Å². The molecule has 2 aromatic rings. The largest absolute Gasteiger partial charge is 0.350 e. The van der Waals surface area contributed by atoms with E-state index in [2.05, 4.69) is 29.0 Å². The van der Waals surface area contributed by atoms with Gasteiger partial charge in [-0.05, 0) is 49.9 Å². The fourth-order valence-electron chi connectivity index (χ4n) is 3.53. The number of likely N-dealkylation sites (tertiary alicyclic amines) is 1. The van der Waals surface area contributed by atoms with Crippen LogP contribution >= 0.6 is 0 Å². The van der Waals surface area contributed by atoms with Gasteiger partial charge in [0.2, 0.25) is 0 Å². The van der Waals surface area contributed by atoms with Crippen molar-refractivity contribution in [2.75, 3.05) is 19.6 Å². The molecule has 1 aromatic heterocycles. The number of nitrogens with one attached hydrogen (secondary N) is 2. The molecule has 2 heterocycles. The third kappa shape index (κ3) is 4.41. The van der Waals surface area contributed by atoms with Crippen molar-refractivity contribution in [3.8, 4) is 11.3 Å². The molecule has 1 aliphatic heterocycles. The van der Waals surface area contributed by atoms with Crippen LogP contribution in [0.1, 0.15) is 37.0 Å². The molecule has 2 atom stereocenters. The van der Waals surface area contributed by atoms with E-state index in [-0.39, 0.29) is 23.1 Å². The van der Waals surface area contributed by atoms with Gasteiger partial charge >= 0.3 is 0 Å². The summed E-state index contributed by atoms with van der Waals surface area (Å²) in [5, 5.41) is 2.91. The lowest BCUT2D eigenvalue weighted by atomic mass is 9.99. The molecule has 0 radical (unpaired) electrons. The molecule has 1 amide bonds. The lowest BCUT2D eigenvalue weighted by Gasteiger charge is -2.35. The molecular formula is C21H27N3O2. The summed E-state index contributed by atoms with van der Waals surface area (Å²) in [5.74, 6) is 0.387. The zero-order valence-electron chi connectivity index (χ0n) is 15.5. The molecule has 0 aliphatic carbocycles. The number of carbonyl (C=O) groups excluding carboxylic acids is 1. The standard InChI is InChI=1S/C21H27N3O2/c1-15-7-6-12-24(14-15)16(2)13-22-20(25)18-10-11-19(23-21(18)26)17-8-4-3-5-9-17/h3-5,8-11,15-16H,6-7,12-14H2,1-2H3,(H,22,25)(H,23,26). The first kappa shape index (κ1) is 18.4. The van der Waals surface area contributed by atoms with Gasteiger partial charge in [-0.3, -0.25) is 14.5 Å². The van der Waals surface area contributed by atoms with Crippen LogP contribution in [-0.4, -0.2) is 41.5 Å². The Morgan fingerprint density at radius 3 is 2.73 bits per heavy atom. The minimum atomic E-state index is -0.358. The first-order valence-corrected chi connectivity index (χ1v) is 9.35. The highest BCUT2D eigenvalue weighted by molar-refractivity contribution is 5.94. The maximum absolute atomic E-state index is 12.4. The molecule has 138 valence electrons. The van der Waals surface area contributed by atoms with Crippen molar-refractivity contribution in [1.82, 2.24) is 15.2 Å². The molecule has 5 heteroatoms. The van der Waals surface area contributed by atoms with Crippen molar-refractivity contribution in [2.45, 2.75) is 32.7 Å². The van der Waals surface area contributed by atoms with E-state index in [0.29, 0.717) is 18.2 Å². The number of benzene rings is 1. The number of aromatic nitrogens is 1. The molecule has 3 rings (SSSR count). The van der Waals surface area contributed by atoms with E-state index >= 15 is 0 Å². The Bertz CT molecular complexity index is 800. The molecule has 1 saturated heterocycles. The quantitative estimate of drug-likeness (QED) is 0.869. The number of hydrogen-bond donors (Lipinski definition) is 2. The average Bonchev–Trinajstić information content (AvgIpc) is 2.66. The fraction of sp³-hybridized carbons (Fsp3) is 0.429. The normalized spacial score (nSPS) is 19.1. The third-order valence-electron chi connectivity index (χ3n) is 5.11. The summed E-state index contributed by atoms with van der Waals surface area (Å²) >= 11 is 0. The van der Waals surface area contributed by atoms with Gasteiger partial charge in [0.05, 0.1) is 0 Å². The zero-order valence-corrected chi connectivity index (χ0v) is 15.5. The van der Waals surface area contributed by atoms with Gasteiger partial charge in [-0.1, -0.05) is 37.3 Å². The Balaban J connectivity index is 1.62. The number of amides is 1. The van der Waals surface area contributed by atoms with Crippen LogP contribution in [-0.2, 0) is 0 Å². The van der Waals surface area contributed by atoms with E-state index in [1.807, 2.05) is 30.3 Å². The Kier molecular flexibility index (Phi) is 5.89. The number of nitrogens with zero attached hydrogens (tertiary/aromatic N) is 1. The van der Waals surface area contributed by atoms with Crippen LogP contribution in [0.3, 0.4) is 0 Å². The zero-order chi connectivity index (χ0) is 18.5. The predicted octanol–water partition coefficient (Wildman–Crippen LogP) is 2.89. The van der Waals surface area contributed by atoms with Gasteiger partial charge in [-0.25, -0.2) is 0 Å². The van der Waals surface area contributed by atoms with Crippen molar-refractivity contribution < 1.29 is 4.79 Å². The highest BCUT2D eigenvalue weighted by Gasteiger charge is 2.21. The van der Waals surface area contributed by atoms with E-state index in [4.69, 9.17) is 0 Å². The molecule has 1 fully saturated rings. The van der Waals surface area contributed by atoms with Crippen LogP contribution in [0.4, 0.5) is 0 Å². The van der Waals surface area contributed by atoms with Gasteiger partial charge in [0, 0.05) is 24.8 Å². The fourth-order valence-corrected chi connectivity index (χ4v) is 3.53. The highest BCUT2D eigenvalue weighted by Crippen LogP contribution is 2.17. The molecule has 2 unspecified atom stereocenters. The minimum Gasteiger partial charge on any atom is -0.350 e. The van der Waals surface area contributed by atoms with Crippen LogP contribution in [0.25, 0.3) is 11.3 Å². The molecule has 0 bridgehead atoms. The number of aromatic amines is 1. The van der Waals surface area contributed by atoms with Crippen molar-refractivity contribution >= 4 is 5.91 Å². The summed E-state index contributed by atoms with van der Waals surface area (Å²) in [4.78, 5) is 29.9. The summed E-state index contributed by atoms with van der Waals surface area (Å²) in [7, 11) is 0. The molecule has 0 saturated carbocycles. The first-order valence-electron chi connectivity index (χ1n) is 9.35. The lowest BCUT2D eigenvalue weighted by molar-refractivity contribution is 0.0916. The second-order valence-corrected chi connectivity index (χ2v) is 7.28. The lowest BCUT2D eigenvalue weighted by Crippen LogP contribution is -2.46. The third-order valence-corrected chi connectivity index (χ3v) is 5.11. The second-order valence-electron chi connectivity index (χ2n) is 7.28. The van der Waals surface area contributed by atoms with Crippen molar-refractivity contribution in [3.05, 3.63) is 58.4 Å². The monoisotopic (exact) mass is 353 g/mol. The van der Waals surface area contributed by atoms with Crippen LogP contribution in [0.2, 0.25) is 0 Å². The molecule has 5 nitrogen and oxygen atoms in total. The second kappa shape index (κ2) is 8.32. The Morgan fingerprint density at radius 2 is 2.04 bits per heavy atom. The van der Waals surface area contributed by atoms with E-state index in [1.54, 1.807) is 12.1 Å². The van der Waals surface area contributed by atoms with Gasteiger partial charge in [-0.2, -0.15) is 0 Å². The Hall–Kier alpha value is -2.40. The summed E-state index contributed by atoms with van der Waals surface area (Å²) in [6.45, 7) is 7.09. The summed E-state index contributed by atoms with van der Waals surface area (Å²) in [6, 6.07) is 13.2. The maximum Gasteiger partial charge on any atom is 0.261 e. The summed E-state index contributed by atoms with van der Waals surface area (Å²) in [6.07, 6.45) is 2.48. The van der Waals surface area contributed by atoms with Gasteiger partial charge in [0.15, 0.2) is 0 Å². The molecular weight excluding hydrogens is 326 g/mol. The first-order chi connectivity index (χ1) is 12.5. The number of hydrogen-bond acceptors (Lipinski definition) is 3. The van der Waals surface area contributed by atoms with Crippen LogP contribution in [0.5, 0.6) is 0 Å². The Morgan fingerprint density at radius 1 is 1.27 bits per heavy atom. The maximum atomic E-state index is 12.4. The number of piperidine rings is 1. The number of rotatable bonds is 5. The van der Waals surface area contributed by atoms with Gasteiger partial charge < -0.3 is 10.3 Å². The highest BCUT2D eigenvalue weighted by atomic mass is 16.2. The summed E-state index contributed by atoms with van der Waals surface area (Å²) < 4.78 is 0. The minimum absolute atomic E-state index is 0.156. The molecule has 1 aliphatic rings. The number of pyridine rings is 1. The van der Waals surface area contributed by atoms with E-state index < -0.39 is 0 Å². The average molecular weight is 353 g/mol. The summed E-state index contributed by atoms with van der Waals surface area (Å²) in [5.41, 5.74) is 1.43. The SMILES string of the molecule is CC1CCCN(C(C)CNC(=O)c2ccc(-c3ccccc3)[nH]c2=O)C1. The molecule has 2 N–H and O–H groups in total. The van der Waals surface area contributed by atoms with Gasteiger partial charge in [-0.15, -0.1) is 0 Å². The van der Waals surface area contributed by atoms with Crippen molar-refractivity contribution in [1.29, 1.82) is 0 Å². The smallest absolute Gasteiger partial charge is 0.261 e. The molecule has 1 aromatic carbocycles. The molecule has 0 spiro atoms. The van der Waals surface area contributed by atoms with E-state index in [9.17, 15) is 9.59 Å². The topological polar surface area (TPSA) is 65.2 Å². The van der Waals surface area contributed by atoms with Crippen LogP contribution in [0, 0.1) is 5.92 Å². The molecule has 26 heavy (non-hydrogen) atoms. The number of H-pyrrole nitrogens is 1. The van der Waals surface area contributed by atoms with Crippen molar-refractivity contribution in [2.24, 2.45) is 5.92 Å². The van der Waals surface area contributed by atoms with Gasteiger partial charge in [0.1, 0.15) is 5.56 Å². The Labute approximate surface area is 154 Å². The number of carbonyl (C=O) groups is 1. The predicted molar refractivity (Wildman–Crippen MR) is 104 cm³/mol.